The summed E-state index contributed by atoms with van der Waals surface area (Å²) in [6.45, 7) is 0.294. The molecule has 126 valence electrons. The first-order chi connectivity index (χ1) is 11.5. The number of benzene rings is 2. The first kappa shape index (κ1) is 18.3. The zero-order chi connectivity index (χ0) is 17.5. The van der Waals surface area contributed by atoms with Crippen LogP contribution in [-0.4, -0.2) is 18.4 Å². The van der Waals surface area contributed by atoms with Crippen LogP contribution in [0.2, 0.25) is 10.0 Å². The van der Waals surface area contributed by atoms with Crippen LogP contribution in [0.4, 0.5) is 0 Å². The van der Waals surface area contributed by atoms with Crippen molar-refractivity contribution in [2.75, 3.05) is 7.11 Å². The van der Waals surface area contributed by atoms with E-state index in [0.717, 1.165) is 5.56 Å². The molecule has 0 aromatic heterocycles. The maximum atomic E-state index is 6.24. The Bertz CT molecular complexity index is 769. The van der Waals surface area contributed by atoms with Crippen molar-refractivity contribution in [3.63, 3.8) is 0 Å². The molecule has 5 nitrogen and oxygen atoms in total. The number of hydrogen-bond donors (Lipinski definition) is 2. The lowest BCUT2D eigenvalue weighted by molar-refractivity contribution is 0.284. The van der Waals surface area contributed by atoms with E-state index in [9.17, 15) is 0 Å². The van der Waals surface area contributed by atoms with Crippen LogP contribution in [0.25, 0.3) is 0 Å². The highest BCUT2D eigenvalue weighted by atomic mass is 35.5. The Morgan fingerprint density at radius 2 is 2.00 bits per heavy atom. The molecule has 0 fully saturated rings. The molecule has 3 N–H and O–H groups in total. The molecule has 0 aliphatic rings. The number of thiocarbonyl (C=S) groups is 1. The topological polar surface area (TPSA) is 68.9 Å². The third kappa shape index (κ3) is 4.99. The molecular weight excluding hydrogens is 369 g/mol. The molecule has 2 aromatic rings. The summed E-state index contributed by atoms with van der Waals surface area (Å²) in [6, 6.07) is 10.8. The van der Waals surface area contributed by atoms with Gasteiger partial charge in [0, 0.05) is 22.2 Å². The van der Waals surface area contributed by atoms with Crippen molar-refractivity contribution in [2.45, 2.75) is 6.61 Å². The van der Waals surface area contributed by atoms with E-state index in [1.54, 1.807) is 25.3 Å². The zero-order valence-electron chi connectivity index (χ0n) is 12.8. The highest BCUT2D eigenvalue weighted by Crippen LogP contribution is 2.33. The van der Waals surface area contributed by atoms with Gasteiger partial charge in [-0.15, -0.1) is 0 Å². The van der Waals surface area contributed by atoms with Crippen molar-refractivity contribution in [1.29, 1.82) is 0 Å². The number of nitrogens with two attached hydrogens (primary N) is 1. The van der Waals surface area contributed by atoms with E-state index in [1.807, 2.05) is 18.2 Å². The normalized spacial score (nSPS) is 10.6. The SMILES string of the molecule is COc1cc(C=NNC(N)=S)c(Cl)cc1OCc1ccccc1Cl. The summed E-state index contributed by atoms with van der Waals surface area (Å²) in [5.74, 6) is 1.02. The van der Waals surface area contributed by atoms with E-state index < -0.39 is 0 Å². The lowest BCUT2D eigenvalue weighted by Gasteiger charge is -2.13. The second-order valence-electron chi connectivity index (χ2n) is 4.64. The predicted octanol–water partition coefficient (Wildman–Crippen LogP) is 3.75. The molecule has 0 saturated carbocycles. The minimum atomic E-state index is 0.0639. The van der Waals surface area contributed by atoms with Crippen molar-refractivity contribution in [3.8, 4) is 11.5 Å². The number of hydrazone groups is 1. The minimum Gasteiger partial charge on any atom is -0.493 e. The third-order valence-electron chi connectivity index (χ3n) is 3.00. The quantitative estimate of drug-likeness (QED) is 0.451. The molecule has 0 spiro atoms. The monoisotopic (exact) mass is 383 g/mol. The van der Waals surface area contributed by atoms with Gasteiger partial charge in [0.15, 0.2) is 16.6 Å². The van der Waals surface area contributed by atoms with Gasteiger partial charge in [-0.25, -0.2) is 0 Å². The lowest BCUT2D eigenvalue weighted by atomic mass is 10.2. The highest BCUT2D eigenvalue weighted by Gasteiger charge is 2.11. The van der Waals surface area contributed by atoms with Gasteiger partial charge in [0.25, 0.3) is 0 Å². The Balaban J connectivity index is 2.18. The Morgan fingerprint density at radius 1 is 1.25 bits per heavy atom. The van der Waals surface area contributed by atoms with Gasteiger partial charge < -0.3 is 15.2 Å². The number of ether oxygens (including phenoxy) is 2. The van der Waals surface area contributed by atoms with Crippen LogP contribution < -0.4 is 20.6 Å². The average Bonchev–Trinajstić information content (AvgIpc) is 2.55. The summed E-state index contributed by atoms with van der Waals surface area (Å²) < 4.78 is 11.1. The fourth-order valence-corrected chi connectivity index (χ4v) is 2.30. The van der Waals surface area contributed by atoms with Crippen molar-refractivity contribution < 1.29 is 9.47 Å². The van der Waals surface area contributed by atoms with Crippen LogP contribution in [-0.2, 0) is 6.61 Å². The van der Waals surface area contributed by atoms with Gasteiger partial charge in [0.05, 0.1) is 18.3 Å². The number of hydrogen-bond acceptors (Lipinski definition) is 4. The van der Waals surface area contributed by atoms with Gasteiger partial charge >= 0.3 is 0 Å². The number of nitrogens with zero attached hydrogens (tertiary/aromatic N) is 1. The van der Waals surface area contributed by atoms with E-state index in [2.05, 4.69) is 22.7 Å². The van der Waals surface area contributed by atoms with Crippen molar-refractivity contribution >= 4 is 46.7 Å². The van der Waals surface area contributed by atoms with Gasteiger partial charge in [0.2, 0.25) is 0 Å². The zero-order valence-corrected chi connectivity index (χ0v) is 15.1. The number of nitrogens with one attached hydrogen (secondary N) is 1. The molecule has 0 radical (unpaired) electrons. The largest absolute Gasteiger partial charge is 0.493 e. The van der Waals surface area contributed by atoms with E-state index in [4.69, 9.17) is 38.4 Å². The second kappa shape index (κ2) is 8.73. The summed E-state index contributed by atoms with van der Waals surface area (Å²) in [4.78, 5) is 0. The second-order valence-corrected chi connectivity index (χ2v) is 5.89. The molecule has 0 amide bonds. The lowest BCUT2D eigenvalue weighted by Crippen LogP contribution is -2.24. The van der Waals surface area contributed by atoms with Crippen LogP contribution in [0.15, 0.2) is 41.5 Å². The number of rotatable bonds is 6. The standard InChI is InChI=1S/C16H15Cl2N3O2S/c1-22-14-6-11(8-20-21-16(19)24)13(18)7-15(14)23-9-10-4-2-3-5-12(10)17/h2-8H,9H2,1H3,(H3,19,21,24). The Kier molecular flexibility index (Phi) is 6.66. The van der Waals surface area contributed by atoms with Gasteiger partial charge in [-0.1, -0.05) is 41.4 Å². The average molecular weight is 384 g/mol. The summed E-state index contributed by atoms with van der Waals surface area (Å²) in [5.41, 5.74) is 9.25. The van der Waals surface area contributed by atoms with E-state index in [-0.39, 0.29) is 5.11 Å². The first-order valence-corrected chi connectivity index (χ1v) is 8.00. The molecule has 0 saturated heterocycles. The van der Waals surface area contributed by atoms with Crippen LogP contribution in [0.5, 0.6) is 11.5 Å². The predicted molar refractivity (Wildman–Crippen MR) is 101 cm³/mol. The molecule has 0 aliphatic heterocycles. The minimum absolute atomic E-state index is 0.0639. The van der Waals surface area contributed by atoms with Crippen molar-refractivity contribution in [3.05, 3.63) is 57.6 Å². The van der Waals surface area contributed by atoms with Crippen LogP contribution in [0, 0.1) is 0 Å². The highest BCUT2D eigenvalue weighted by molar-refractivity contribution is 7.80. The summed E-state index contributed by atoms with van der Waals surface area (Å²) in [7, 11) is 1.54. The third-order valence-corrected chi connectivity index (χ3v) is 3.79. The maximum Gasteiger partial charge on any atom is 0.184 e. The molecule has 0 heterocycles. The fraction of sp³-hybridized carbons (Fsp3) is 0.125. The summed E-state index contributed by atoms with van der Waals surface area (Å²) in [5, 5.41) is 5.01. The van der Waals surface area contributed by atoms with E-state index in [0.29, 0.717) is 33.7 Å². The molecule has 0 unspecified atom stereocenters. The van der Waals surface area contributed by atoms with Crippen molar-refractivity contribution in [1.82, 2.24) is 5.43 Å². The molecule has 8 heteroatoms. The molecule has 2 aromatic carbocycles. The molecule has 24 heavy (non-hydrogen) atoms. The Hall–Kier alpha value is -2.02. The Labute approximate surface area is 155 Å². The fourth-order valence-electron chi connectivity index (χ4n) is 1.86. The molecule has 2 rings (SSSR count). The smallest absolute Gasteiger partial charge is 0.184 e. The van der Waals surface area contributed by atoms with Crippen LogP contribution in [0.3, 0.4) is 0 Å². The van der Waals surface area contributed by atoms with E-state index in [1.165, 1.54) is 6.21 Å². The maximum absolute atomic E-state index is 6.24. The Morgan fingerprint density at radius 3 is 2.67 bits per heavy atom. The molecule has 0 bridgehead atoms. The summed E-state index contributed by atoms with van der Waals surface area (Å²) in [6.07, 6.45) is 1.49. The summed E-state index contributed by atoms with van der Waals surface area (Å²) >= 11 is 17.0. The number of halogens is 2. The van der Waals surface area contributed by atoms with Crippen LogP contribution in [0.1, 0.15) is 11.1 Å². The first-order valence-electron chi connectivity index (χ1n) is 6.83. The van der Waals surface area contributed by atoms with Crippen LogP contribution >= 0.6 is 35.4 Å². The van der Waals surface area contributed by atoms with Gasteiger partial charge in [-0.05, 0) is 24.4 Å². The van der Waals surface area contributed by atoms with Gasteiger partial charge in [-0.3, -0.25) is 5.43 Å². The molecule has 0 atom stereocenters. The molecule has 0 aliphatic carbocycles. The van der Waals surface area contributed by atoms with E-state index >= 15 is 0 Å². The number of methoxy groups -OCH3 is 1. The molecular formula is C16H15Cl2N3O2S. The van der Waals surface area contributed by atoms with Gasteiger partial charge in [-0.2, -0.15) is 5.10 Å². The van der Waals surface area contributed by atoms with Gasteiger partial charge in [0.1, 0.15) is 6.61 Å². The van der Waals surface area contributed by atoms with Crippen molar-refractivity contribution in [2.24, 2.45) is 10.8 Å².